The van der Waals surface area contributed by atoms with Crippen molar-refractivity contribution in [3.05, 3.63) is 63.8 Å². The molecule has 1 aliphatic rings. The second kappa shape index (κ2) is 9.15. The third-order valence-electron chi connectivity index (χ3n) is 4.55. The van der Waals surface area contributed by atoms with Crippen LogP contribution in [-0.4, -0.2) is 23.7 Å². The standard InChI is InChI=1S/C21H17ClF5N3O2/c1-10-5-6-16(29-19(10)28)11-8-17(32-9-21(25,26)27)12(7-15(11)24)20(31)30-18-13(22)3-2-4-14(18)23/h4-8H,2-3,9H2,1H3,(H2,28,29)(H,30,31). The Labute approximate surface area is 184 Å². The molecule has 3 rings (SSSR count). The van der Waals surface area contributed by atoms with Gasteiger partial charge in [0.05, 0.1) is 17.0 Å². The topological polar surface area (TPSA) is 77.2 Å². The van der Waals surface area contributed by atoms with E-state index in [9.17, 15) is 26.7 Å². The van der Waals surface area contributed by atoms with Crippen LogP contribution >= 0.6 is 11.6 Å². The van der Waals surface area contributed by atoms with Crippen molar-refractivity contribution < 1.29 is 31.5 Å². The molecule has 170 valence electrons. The van der Waals surface area contributed by atoms with E-state index in [0.29, 0.717) is 18.1 Å². The first kappa shape index (κ1) is 23.5. The molecule has 5 nitrogen and oxygen atoms in total. The van der Waals surface area contributed by atoms with E-state index in [1.807, 2.05) is 0 Å². The summed E-state index contributed by atoms with van der Waals surface area (Å²) in [6, 6.07) is 4.58. The molecule has 0 spiro atoms. The normalized spacial score (nSPS) is 14.3. The minimum Gasteiger partial charge on any atom is -0.483 e. The third-order valence-corrected chi connectivity index (χ3v) is 4.93. The van der Waals surface area contributed by atoms with Gasteiger partial charge < -0.3 is 15.8 Å². The average molecular weight is 474 g/mol. The van der Waals surface area contributed by atoms with Gasteiger partial charge in [-0.3, -0.25) is 4.79 Å². The summed E-state index contributed by atoms with van der Waals surface area (Å²) in [5.41, 5.74) is 5.24. The number of carbonyl (C=O) groups excluding carboxylic acids is 1. The summed E-state index contributed by atoms with van der Waals surface area (Å²) in [5, 5.41) is 2.20. The molecule has 0 saturated heterocycles. The number of alkyl halides is 3. The Hall–Kier alpha value is -3.14. The molecule has 1 aromatic carbocycles. The fraction of sp³-hybridized carbons (Fsp3) is 0.238. The van der Waals surface area contributed by atoms with Crippen molar-refractivity contribution in [3.8, 4) is 17.0 Å². The molecule has 1 amide bonds. The molecule has 1 heterocycles. The molecule has 3 N–H and O–H groups in total. The van der Waals surface area contributed by atoms with Crippen molar-refractivity contribution in [1.29, 1.82) is 0 Å². The van der Waals surface area contributed by atoms with Gasteiger partial charge in [-0.2, -0.15) is 13.2 Å². The summed E-state index contributed by atoms with van der Waals surface area (Å²) in [6.45, 7) is -0.0635. The highest BCUT2D eigenvalue weighted by molar-refractivity contribution is 6.30. The Morgan fingerprint density at radius 2 is 2.00 bits per heavy atom. The zero-order valence-electron chi connectivity index (χ0n) is 16.6. The number of halogens is 6. The number of allylic oxidation sites excluding steroid dienone is 3. The lowest BCUT2D eigenvalue weighted by molar-refractivity contribution is -0.153. The number of carbonyl (C=O) groups is 1. The maximum Gasteiger partial charge on any atom is 0.422 e. The largest absolute Gasteiger partial charge is 0.483 e. The van der Waals surface area contributed by atoms with E-state index in [0.717, 1.165) is 6.07 Å². The van der Waals surface area contributed by atoms with Crippen molar-refractivity contribution in [1.82, 2.24) is 10.3 Å². The molecule has 1 aliphatic carbocycles. The smallest absolute Gasteiger partial charge is 0.422 e. The Balaban J connectivity index is 2.04. The SMILES string of the molecule is Cc1ccc(-c2cc(OCC(F)(F)F)c(C(=O)NC3=C(Cl)CCC=C3F)cc2F)nc1N. The number of rotatable bonds is 5. The maximum absolute atomic E-state index is 14.9. The van der Waals surface area contributed by atoms with Crippen LogP contribution in [0.3, 0.4) is 0 Å². The van der Waals surface area contributed by atoms with Crippen molar-refractivity contribution in [2.75, 3.05) is 12.3 Å². The summed E-state index contributed by atoms with van der Waals surface area (Å²) >= 11 is 5.94. The van der Waals surface area contributed by atoms with E-state index in [1.54, 1.807) is 13.0 Å². The van der Waals surface area contributed by atoms with Gasteiger partial charge in [-0.25, -0.2) is 13.8 Å². The summed E-state index contributed by atoms with van der Waals surface area (Å²) in [5.74, 6) is -3.34. The number of aromatic nitrogens is 1. The average Bonchev–Trinajstić information content (AvgIpc) is 2.71. The van der Waals surface area contributed by atoms with Crippen LogP contribution in [0.2, 0.25) is 0 Å². The number of anilines is 1. The lowest BCUT2D eigenvalue weighted by atomic mass is 10.0. The Morgan fingerprint density at radius 3 is 2.62 bits per heavy atom. The molecule has 11 heteroatoms. The molecule has 2 aromatic rings. The molecule has 0 fully saturated rings. The molecular formula is C21H17ClF5N3O2. The van der Waals surface area contributed by atoms with Crippen molar-refractivity contribution in [3.63, 3.8) is 0 Å². The summed E-state index contributed by atoms with van der Waals surface area (Å²) in [6.07, 6.45) is -2.95. The van der Waals surface area contributed by atoms with Crippen molar-refractivity contribution in [2.24, 2.45) is 0 Å². The molecule has 0 saturated carbocycles. The number of nitrogen functional groups attached to an aromatic ring is 1. The van der Waals surface area contributed by atoms with E-state index in [4.69, 9.17) is 22.1 Å². The van der Waals surface area contributed by atoms with Crippen LogP contribution in [0.25, 0.3) is 11.3 Å². The zero-order chi connectivity index (χ0) is 23.6. The predicted octanol–water partition coefficient (Wildman–Crippen LogP) is 5.55. The lowest BCUT2D eigenvalue weighted by Crippen LogP contribution is -2.27. The number of benzene rings is 1. The van der Waals surface area contributed by atoms with Gasteiger partial charge in [-0.15, -0.1) is 0 Å². The van der Waals surface area contributed by atoms with Gasteiger partial charge in [0.2, 0.25) is 0 Å². The summed E-state index contributed by atoms with van der Waals surface area (Å²) in [7, 11) is 0. The first-order chi connectivity index (χ1) is 15.0. The zero-order valence-corrected chi connectivity index (χ0v) is 17.4. The van der Waals surface area contributed by atoms with Crippen molar-refractivity contribution >= 4 is 23.3 Å². The van der Waals surface area contributed by atoms with Gasteiger partial charge in [0.1, 0.15) is 23.2 Å². The number of hydrogen-bond acceptors (Lipinski definition) is 4. The van der Waals surface area contributed by atoms with E-state index in [-0.39, 0.29) is 34.2 Å². The van der Waals surface area contributed by atoms with Crippen LogP contribution in [-0.2, 0) is 0 Å². The Bertz CT molecular complexity index is 1130. The molecule has 0 unspecified atom stereocenters. The van der Waals surface area contributed by atoms with Crippen molar-refractivity contribution in [2.45, 2.75) is 25.9 Å². The number of nitrogens with two attached hydrogens (primary N) is 1. The molecular weight excluding hydrogens is 457 g/mol. The number of nitrogens with one attached hydrogen (secondary N) is 1. The maximum atomic E-state index is 14.9. The van der Waals surface area contributed by atoms with E-state index in [1.165, 1.54) is 12.1 Å². The Kier molecular flexibility index (Phi) is 6.73. The van der Waals surface area contributed by atoms with E-state index >= 15 is 0 Å². The van der Waals surface area contributed by atoms with Gasteiger partial charge in [0, 0.05) is 10.6 Å². The molecule has 0 bridgehead atoms. The number of aryl methyl sites for hydroxylation is 1. The minimum absolute atomic E-state index is 0.0209. The second-order valence-corrected chi connectivity index (χ2v) is 7.41. The van der Waals surface area contributed by atoms with E-state index < -0.39 is 41.6 Å². The van der Waals surface area contributed by atoms with Gasteiger partial charge in [-0.1, -0.05) is 17.7 Å². The van der Waals surface area contributed by atoms with Gasteiger partial charge in [0.15, 0.2) is 6.61 Å². The highest BCUT2D eigenvalue weighted by atomic mass is 35.5. The highest BCUT2D eigenvalue weighted by Gasteiger charge is 2.30. The predicted molar refractivity (Wildman–Crippen MR) is 109 cm³/mol. The van der Waals surface area contributed by atoms with Gasteiger partial charge in [0.25, 0.3) is 5.91 Å². The van der Waals surface area contributed by atoms with Crippen LogP contribution in [0.4, 0.5) is 27.8 Å². The lowest BCUT2D eigenvalue weighted by Gasteiger charge is -2.18. The Morgan fingerprint density at radius 1 is 1.28 bits per heavy atom. The van der Waals surface area contributed by atoms with Gasteiger partial charge >= 0.3 is 6.18 Å². The van der Waals surface area contributed by atoms with Crippen LogP contribution in [0.5, 0.6) is 5.75 Å². The quantitative estimate of drug-likeness (QED) is 0.558. The minimum atomic E-state index is -4.72. The molecule has 0 atom stereocenters. The second-order valence-electron chi connectivity index (χ2n) is 6.96. The summed E-state index contributed by atoms with van der Waals surface area (Å²) in [4.78, 5) is 16.7. The van der Waals surface area contributed by atoms with Crippen LogP contribution in [0.1, 0.15) is 28.8 Å². The van der Waals surface area contributed by atoms with E-state index in [2.05, 4.69) is 10.3 Å². The molecule has 0 radical (unpaired) electrons. The number of nitrogens with zero attached hydrogens (tertiary/aromatic N) is 1. The van der Waals surface area contributed by atoms with Crippen LogP contribution in [0, 0.1) is 12.7 Å². The van der Waals surface area contributed by atoms with Crippen LogP contribution < -0.4 is 15.8 Å². The first-order valence-corrected chi connectivity index (χ1v) is 9.66. The number of ether oxygens (including phenoxy) is 1. The number of pyridine rings is 1. The fourth-order valence-electron chi connectivity index (χ4n) is 2.89. The van der Waals surface area contributed by atoms with Crippen LogP contribution in [0.15, 0.2) is 46.9 Å². The number of amides is 1. The molecule has 32 heavy (non-hydrogen) atoms. The fourth-order valence-corrected chi connectivity index (χ4v) is 3.14. The first-order valence-electron chi connectivity index (χ1n) is 9.29. The highest BCUT2D eigenvalue weighted by Crippen LogP contribution is 2.33. The van der Waals surface area contributed by atoms with Gasteiger partial charge in [-0.05, 0) is 49.6 Å². The number of hydrogen-bond donors (Lipinski definition) is 2. The molecule has 1 aromatic heterocycles. The monoisotopic (exact) mass is 473 g/mol. The third kappa shape index (κ3) is 5.37. The summed E-state index contributed by atoms with van der Waals surface area (Å²) < 4.78 is 71.9. The molecule has 0 aliphatic heterocycles.